The summed E-state index contributed by atoms with van der Waals surface area (Å²) in [6.07, 6.45) is 15.9. The van der Waals surface area contributed by atoms with Crippen molar-refractivity contribution in [1.82, 2.24) is 4.98 Å². The van der Waals surface area contributed by atoms with Crippen LogP contribution in [-0.2, 0) is 16.0 Å². The standard InChI is InChI=1S/C17H21NO2/c1-2-20-17(19)14-9-7-5-3-4-6-8-12-16-13-10-11-15-18-16/h5-11,13-15H,2-4,12H2,1H3/b7-5+,8-6+,14-9+. The number of ether oxygens (including phenoxy) is 1. The molecule has 3 heteroatoms. The van der Waals surface area contributed by atoms with E-state index in [9.17, 15) is 4.79 Å². The summed E-state index contributed by atoms with van der Waals surface area (Å²) in [6.45, 7) is 2.20. The van der Waals surface area contributed by atoms with Crippen LogP contribution in [0.15, 0.2) is 60.9 Å². The Morgan fingerprint density at radius 2 is 2.05 bits per heavy atom. The van der Waals surface area contributed by atoms with E-state index < -0.39 is 0 Å². The Kier molecular flexibility index (Phi) is 8.53. The first kappa shape index (κ1) is 15.9. The third-order valence-corrected chi connectivity index (χ3v) is 2.49. The van der Waals surface area contributed by atoms with Gasteiger partial charge in [-0.1, -0.05) is 36.4 Å². The molecule has 1 rings (SSSR count). The van der Waals surface area contributed by atoms with Gasteiger partial charge >= 0.3 is 5.97 Å². The lowest BCUT2D eigenvalue weighted by Gasteiger charge is -1.93. The number of aromatic nitrogens is 1. The molecule has 0 saturated heterocycles. The van der Waals surface area contributed by atoms with Crippen LogP contribution in [-0.4, -0.2) is 17.6 Å². The average Bonchev–Trinajstić information content (AvgIpc) is 2.47. The van der Waals surface area contributed by atoms with Gasteiger partial charge in [-0.2, -0.15) is 0 Å². The predicted octanol–water partition coefficient (Wildman–Crippen LogP) is 3.64. The Hall–Kier alpha value is -2.16. The fourth-order valence-corrected chi connectivity index (χ4v) is 1.53. The Bertz CT molecular complexity index is 461. The molecule has 20 heavy (non-hydrogen) atoms. The average molecular weight is 271 g/mol. The molecule has 1 aromatic rings. The number of pyridine rings is 1. The number of allylic oxidation sites excluding steroid dienone is 5. The summed E-state index contributed by atoms with van der Waals surface area (Å²) in [6, 6.07) is 5.93. The van der Waals surface area contributed by atoms with Crippen molar-refractivity contribution in [3.05, 3.63) is 66.5 Å². The van der Waals surface area contributed by atoms with Crippen LogP contribution in [0.5, 0.6) is 0 Å². The molecule has 0 aromatic carbocycles. The summed E-state index contributed by atoms with van der Waals surface area (Å²) in [5.41, 5.74) is 1.08. The van der Waals surface area contributed by atoms with E-state index in [1.807, 2.05) is 36.5 Å². The zero-order valence-electron chi connectivity index (χ0n) is 11.9. The Labute approximate surface area is 120 Å². The van der Waals surface area contributed by atoms with Crippen LogP contribution < -0.4 is 0 Å². The summed E-state index contributed by atoms with van der Waals surface area (Å²) in [4.78, 5) is 15.2. The molecular formula is C17H21NO2. The fraction of sp³-hybridized carbons (Fsp3) is 0.294. The number of hydrogen-bond acceptors (Lipinski definition) is 3. The van der Waals surface area contributed by atoms with Crippen LogP contribution in [0.4, 0.5) is 0 Å². The number of rotatable bonds is 8. The van der Waals surface area contributed by atoms with Crippen molar-refractivity contribution in [3.8, 4) is 0 Å². The van der Waals surface area contributed by atoms with Gasteiger partial charge in [-0.3, -0.25) is 4.98 Å². The van der Waals surface area contributed by atoms with Crippen molar-refractivity contribution in [2.45, 2.75) is 26.2 Å². The van der Waals surface area contributed by atoms with Gasteiger partial charge in [0.1, 0.15) is 0 Å². The number of unbranched alkanes of at least 4 members (excludes halogenated alkanes) is 1. The van der Waals surface area contributed by atoms with Crippen LogP contribution in [0.3, 0.4) is 0 Å². The topological polar surface area (TPSA) is 39.2 Å². The van der Waals surface area contributed by atoms with E-state index in [-0.39, 0.29) is 5.97 Å². The maximum atomic E-state index is 11.0. The fourth-order valence-electron chi connectivity index (χ4n) is 1.53. The largest absolute Gasteiger partial charge is 0.463 e. The van der Waals surface area contributed by atoms with Crippen LogP contribution >= 0.6 is 0 Å². The smallest absolute Gasteiger partial charge is 0.330 e. The van der Waals surface area contributed by atoms with Gasteiger partial charge in [0, 0.05) is 24.4 Å². The van der Waals surface area contributed by atoms with Crippen molar-refractivity contribution in [2.75, 3.05) is 6.61 Å². The van der Waals surface area contributed by atoms with Gasteiger partial charge in [-0.25, -0.2) is 4.79 Å². The second kappa shape index (κ2) is 10.7. The van der Waals surface area contributed by atoms with E-state index in [1.165, 1.54) is 6.08 Å². The minimum Gasteiger partial charge on any atom is -0.463 e. The quantitative estimate of drug-likeness (QED) is 0.238. The van der Waals surface area contributed by atoms with E-state index in [4.69, 9.17) is 4.74 Å². The third-order valence-electron chi connectivity index (χ3n) is 2.49. The molecule has 1 aromatic heterocycles. The first-order valence-electron chi connectivity index (χ1n) is 6.87. The molecule has 1 heterocycles. The third kappa shape index (κ3) is 8.03. The van der Waals surface area contributed by atoms with Gasteiger partial charge in [0.15, 0.2) is 0 Å². The molecule has 0 bridgehead atoms. The van der Waals surface area contributed by atoms with Gasteiger partial charge in [-0.15, -0.1) is 0 Å². The van der Waals surface area contributed by atoms with E-state index in [0.717, 1.165) is 25.0 Å². The highest BCUT2D eigenvalue weighted by molar-refractivity contribution is 5.82. The van der Waals surface area contributed by atoms with Gasteiger partial charge < -0.3 is 4.74 Å². The highest BCUT2D eigenvalue weighted by Crippen LogP contribution is 1.98. The number of carbonyl (C=O) groups excluding carboxylic acids is 1. The maximum absolute atomic E-state index is 11.0. The molecule has 0 saturated carbocycles. The first-order valence-corrected chi connectivity index (χ1v) is 6.87. The minimum absolute atomic E-state index is 0.299. The zero-order valence-corrected chi connectivity index (χ0v) is 11.9. The Morgan fingerprint density at radius 1 is 1.20 bits per heavy atom. The molecule has 0 aliphatic rings. The normalized spacial score (nSPS) is 11.7. The molecule has 0 fully saturated rings. The van der Waals surface area contributed by atoms with Gasteiger partial charge in [0.25, 0.3) is 0 Å². The van der Waals surface area contributed by atoms with Crippen LogP contribution in [0, 0.1) is 0 Å². The van der Waals surface area contributed by atoms with Crippen LogP contribution in [0.2, 0.25) is 0 Å². The monoisotopic (exact) mass is 271 g/mol. The predicted molar refractivity (Wildman–Crippen MR) is 81.2 cm³/mol. The summed E-state index contributed by atoms with van der Waals surface area (Å²) < 4.78 is 4.77. The first-order chi connectivity index (χ1) is 9.83. The second-order valence-corrected chi connectivity index (χ2v) is 4.11. The molecule has 0 unspecified atom stereocenters. The number of carbonyl (C=O) groups is 1. The molecule has 0 spiro atoms. The molecule has 0 radical (unpaired) electrons. The number of esters is 1. The van der Waals surface area contributed by atoms with E-state index in [2.05, 4.69) is 17.1 Å². The highest BCUT2D eigenvalue weighted by Gasteiger charge is 1.90. The van der Waals surface area contributed by atoms with Gasteiger partial charge in [0.2, 0.25) is 0 Å². The van der Waals surface area contributed by atoms with Crippen LogP contribution in [0.25, 0.3) is 0 Å². The summed E-state index contributed by atoms with van der Waals surface area (Å²) in [5.74, 6) is -0.299. The minimum atomic E-state index is -0.299. The Morgan fingerprint density at radius 3 is 2.80 bits per heavy atom. The lowest BCUT2D eigenvalue weighted by Crippen LogP contribution is -1.98. The number of hydrogen-bond donors (Lipinski definition) is 0. The SMILES string of the molecule is CCOC(=O)/C=C/C=C/CC/C=C/Cc1ccccn1. The number of nitrogens with zero attached hydrogens (tertiary/aromatic N) is 1. The molecular weight excluding hydrogens is 250 g/mol. The van der Waals surface area contributed by atoms with Crippen LogP contribution in [0.1, 0.15) is 25.5 Å². The lowest BCUT2D eigenvalue weighted by molar-refractivity contribution is -0.137. The Balaban J connectivity index is 2.11. The van der Waals surface area contributed by atoms with Gasteiger partial charge in [0.05, 0.1) is 6.61 Å². The molecule has 0 N–H and O–H groups in total. The summed E-state index contributed by atoms with van der Waals surface area (Å²) in [7, 11) is 0. The zero-order chi connectivity index (χ0) is 14.5. The van der Waals surface area contributed by atoms with Crippen molar-refractivity contribution < 1.29 is 9.53 Å². The highest BCUT2D eigenvalue weighted by atomic mass is 16.5. The molecule has 106 valence electrons. The summed E-state index contributed by atoms with van der Waals surface area (Å²) >= 11 is 0. The van der Waals surface area contributed by atoms with E-state index >= 15 is 0 Å². The maximum Gasteiger partial charge on any atom is 0.330 e. The van der Waals surface area contributed by atoms with Crippen molar-refractivity contribution in [2.24, 2.45) is 0 Å². The molecule has 3 nitrogen and oxygen atoms in total. The molecule has 0 aliphatic heterocycles. The van der Waals surface area contributed by atoms with Gasteiger partial charge in [-0.05, 0) is 31.9 Å². The van der Waals surface area contributed by atoms with Crippen molar-refractivity contribution >= 4 is 5.97 Å². The molecule has 0 amide bonds. The summed E-state index contributed by atoms with van der Waals surface area (Å²) in [5, 5.41) is 0. The van der Waals surface area contributed by atoms with Crippen molar-refractivity contribution in [3.63, 3.8) is 0 Å². The second-order valence-electron chi connectivity index (χ2n) is 4.11. The van der Waals surface area contributed by atoms with E-state index in [1.54, 1.807) is 13.0 Å². The molecule has 0 aliphatic carbocycles. The van der Waals surface area contributed by atoms with Crippen molar-refractivity contribution in [1.29, 1.82) is 0 Å². The molecule has 0 atom stereocenters. The van der Waals surface area contributed by atoms with E-state index in [0.29, 0.717) is 6.61 Å². The lowest BCUT2D eigenvalue weighted by atomic mass is 10.2.